The average Bonchev–Trinajstić information content (AvgIpc) is 2.64. The van der Waals surface area contributed by atoms with Gasteiger partial charge in [-0.25, -0.2) is 0 Å². The van der Waals surface area contributed by atoms with Crippen molar-refractivity contribution in [2.75, 3.05) is 13.1 Å². The molecule has 0 spiro atoms. The Morgan fingerprint density at radius 3 is 1.96 bits per heavy atom. The van der Waals surface area contributed by atoms with Gasteiger partial charge >= 0.3 is 5.97 Å². The van der Waals surface area contributed by atoms with E-state index in [1.54, 1.807) is 0 Å². The first-order chi connectivity index (χ1) is 12.0. The van der Waals surface area contributed by atoms with Gasteiger partial charge in [0, 0.05) is 13.1 Å². The molecule has 1 unspecified atom stereocenters. The van der Waals surface area contributed by atoms with Gasteiger partial charge in [0.05, 0.1) is 5.41 Å². The fourth-order valence-electron chi connectivity index (χ4n) is 3.74. The van der Waals surface area contributed by atoms with Crippen molar-refractivity contribution in [3.05, 3.63) is 71.8 Å². The number of likely N-dealkylation sites (tertiary alicyclic amines) is 1. The monoisotopic (exact) mass is 338 g/mol. The molecule has 2 aromatic carbocycles. The summed E-state index contributed by atoms with van der Waals surface area (Å²) in [4.78, 5) is 26.1. The van der Waals surface area contributed by atoms with Gasteiger partial charge in [-0.3, -0.25) is 14.5 Å². The Labute approximate surface area is 147 Å². The third kappa shape index (κ3) is 3.28. The molecule has 0 aliphatic carbocycles. The number of hydrogen-bond acceptors (Lipinski definition) is 3. The number of carbonyl (C=O) groups excluding carboxylic acids is 1. The Balaban J connectivity index is 1.84. The molecular formula is C20H22N2O3. The van der Waals surface area contributed by atoms with Crippen molar-refractivity contribution in [2.45, 2.75) is 24.3 Å². The van der Waals surface area contributed by atoms with Gasteiger partial charge in [0.2, 0.25) is 5.91 Å². The summed E-state index contributed by atoms with van der Waals surface area (Å²) in [7, 11) is 0. The minimum Gasteiger partial charge on any atom is -0.481 e. The van der Waals surface area contributed by atoms with Crippen LogP contribution in [0.15, 0.2) is 60.7 Å². The number of amides is 1. The Hall–Kier alpha value is -2.66. The molecule has 1 amide bonds. The summed E-state index contributed by atoms with van der Waals surface area (Å²) in [5, 5.41) is 9.88. The number of primary amides is 1. The van der Waals surface area contributed by atoms with E-state index in [0.717, 1.165) is 11.1 Å². The van der Waals surface area contributed by atoms with Crippen LogP contribution in [0.25, 0.3) is 0 Å². The number of hydrogen-bond donors (Lipinski definition) is 2. The summed E-state index contributed by atoms with van der Waals surface area (Å²) >= 11 is 0. The molecule has 2 aromatic rings. The zero-order valence-corrected chi connectivity index (χ0v) is 14.0. The maximum absolute atomic E-state index is 12.0. The minimum absolute atomic E-state index is 0.409. The third-order valence-corrected chi connectivity index (χ3v) is 5.14. The number of rotatable bonds is 5. The first-order valence-corrected chi connectivity index (χ1v) is 8.42. The number of carbonyl (C=O) groups is 2. The number of benzene rings is 2. The van der Waals surface area contributed by atoms with Crippen LogP contribution in [0.1, 0.15) is 30.0 Å². The average molecular weight is 338 g/mol. The number of aliphatic carboxylic acids is 1. The maximum Gasteiger partial charge on any atom is 0.314 e. The summed E-state index contributed by atoms with van der Waals surface area (Å²) in [5.74, 6) is -1.22. The Kier molecular flexibility index (Phi) is 4.86. The lowest BCUT2D eigenvalue weighted by Crippen LogP contribution is -2.50. The van der Waals surface area contributed by atoms with E-state index in [9.17, 15) is 14.7 Å². The van der Waals surface area contributed by atoms with Crippen LogP contribution in [-0.4, -0.2) is 35.0 Å². The molecule has 130 valence electrons. The van der Waals surface area contributed by atoms with Crippen LogP contribution >= 0.6 is 0 Å². The molecular weight excluding hydrogens is 316 g/mol. The number of carboxylic acid groups (broad SMARTS) is 1. The van der Waals surface area contributed by atoms with Gasteiger partial charge in [-0.05, 0) is 24.0 Å². The number of piperidine rings is 1. The molecule has 1 atom stereocenters. The van der Waals surface area contributed by atoms with Gasteiger partial charge < -0.3 is 10.8 Å². The summed E-state index contributed by atoms with van der Waals surface area (Å²) in [6.07, 6.45) is 0.895. The third-order valence-electron chi connectivity index (χ3n) is 5.14. The molecule has 1 fully saturated rings. The summed E-state index contributed by atoms with van der Waals surface area (Å²) < 4.78 is 0. The predicted molar refractivity (Wildman–Crippen MR) is 94.9 cm³/mol. The van der Waals surface area contributed by atoms with Crippen LogP contribution in [0.3, 0.4) is 0 Å². The summed E-state index contributed by atoms with van der Waals surface area (Å²) in [5.41, 5.74) is 6.40. The lowest BCUT2D eigenvalue weighted by atomic mass is 9.72. The van der Waals surface area contributed by atoms with Crippen LogP contribution in [0, 0.1) is 0 Å². The fraction of sp³-hybridized carbons (Fsp3) is 0.300. The molecule has 25 heavy (non-hydrogen) atoms. The topological polar surface area (TPSA) is 83.6 Å². The zero-order chi connectivity index (χ0) is 17.9. The van der Waals surface area contributed by atoms with Crippen LogP contribution in [0.2, 0.25) is 0 Å². The quantitative estimate of drug-likeness (QED) is 0.876. The molecule has 3 N–H and O–H groups in total. The zero-order valence-electron chi connectivity index (χ0n) is 14.0. The molecule has 1 aliphatic rings. The van der Waals surface area contributed by atoms with Gasteiger partial charge in [-0.2, -0.15) is 0 Å². The smallest absolute Gasteiger partial charge is 0.314 e. The summed E-state index contributed by atoms with van der Waals surface area (Å²) in [6, 6.07) is 18.2. The summed E-state index contributed by atoms with van der Waals surface area (Å²) in [6.45, 7) is 1.01. The van der Waals surface area contributed by atoms with Crippen LogP contribution in [0.5, 0.6) is 0 Å². The second-order valence-corrected chi connectivity index (χ2v) is 6.50. The molecule has 5 heteroatoms. The number of carboxylic acids is 1. The first kappa shape index (κ1) is 17.2. The van der Waals surface area contributed by atoms with Crippen molar-refractivity contribution in [3.63, 3.8) is 0 Å². The van der Waals surface area contributed by atoms with Crippen molar-refractivity contribution < 1.29 is 14.7 Å². The molecule has 0 saturated carbocycles. The van der Waals surface area contributed by atoms with Crippen LogP contribution in [-0.2, 0) is 15.0 Å². The van der Waals surface area contributed by atoms with E-state index in [-0.39, 0.29) is 0 Å². The molecule has 1 saturated heterocycles. The SMILES string of the molecule is NC(=O)C(c1ccccc1)N1CCC(C(=O)O)(c2ccccc2)CC1. The lowest BCUT2D eigenvalue weighted by molar-refractivity contribution is -0.146. The first-order valence-electron chi connectivity index (χ1n) is 8.42. The number of nitrogens with two attached hydrogens (primary N) is 1. The Morgan fingerprint density at radius 2 is 1.48 bits per heavy atom. The van der Waals surface area contributed by atoms with Crippen LogP contribution < -0.4 is 5.73 Å². The molecule has 1 heterocycles. The largest absolute Gasteiger partial charge is 0.481 e. The highest BCUT2D eigenvalue weighted by atomic mass is 16.4. The Bertz CT molecular complexity index is 738. The second kappa shape index (κ2) is 7.07. The van der Waals surface area contributed by atoms with E-state index in [4.69, 9.17) is 5.73 Å². The van der Waals surface area contributed by atoms with E-state index in [1.165, 1.54) is 0 Å². The van der Waals surface area contributed by atoms with Crippen molar-refractivity contribution in [1.29, 1.82) is 0 Å². The molecule has 3 rings (SSSR count). The van der Waals surface area contributed by atoms with E-state index >= 15 is 0 Å². The van der Waals surface area contributed by atoms with Crippen molar-refractivity contribution >= 4 is 11.9 Å². The standard InChI is InChI=1S/C20H22N2O3/c21-18(23)17(15-7-3-1-4-8-15)22-13-11-20(12-14-22,19(24)25)16-9-5-2-6-10-16/h1-10,17H,11-14H2,(H2,21,23)(H,24,25). The molecule has 1 aliphatic heterocycles. The fourth-order valence-corrected chi connectivity index (χ4v) is 3.74. The molecule has 0 radical (unpaired) electrons. The van der Waals surface area contributed by atoms with Crippen molar-refractivity contribution in [2.24, 2.45) is 5.73 Å². The lowest BCUT2D eigenvalue weighted by Gasteiger charge is -2.41. The van der Waals surface area contributed by atoms with Gasteiger partial charge in [-0.15, -0.1) is 0 Å². The molecule has 0 bridgehead atoms. The van der Waals surface area contributed by atoms with Gasteiger partial charge in [0.25, 0.3) is 0 Å². The Morgan fingerprint density at radius 1 is 0.960 bits per heavy atom. The minimum atomic E-state index is -0.906. The van der Waals surface area contributed by atoms with E-state index in [2.05, 4.69) is 0 Å². The van der Waals surface area contributed by atoms with Crippen LogP contribution in [0.4, 0.5) is 0 Å². The highest BCUT2D eigenvalue weighted by Crippen LogP contribution is 2.38. The highest BCUT2D eigenvalue weighted by Gasteiger charge is 2.44. The van der Waals surface area contributed by atoms with E-state index in [1.807, 2.05) is 65.6 Å². The maximum atomic E-state index is 12.0. The van der Waals surface area contributed by atoms with Crippen molar-refractivity contribution in [3.8, 4) is 0 Å². The molecule has 5 nitrogen and oxygen atoms in total. The van der Waals surface area contributed by atoms with Crippen molar-refractivity contribution in [1.82, 2.24) is 4.90 Å². The van der Waals surface area contributed by atoms with Gasteiger partial charge in [-0.1, -0.05) is 60.7 Å². The predicted octanol–water partition coefficient (Wildman–Crippen LogP) is 2.33. The van der Waals surface area contributed by atoms with E-state index in [0.29, 0.717) is 25.9 Å². The number of nitrogens with zero attached hydrogens (tertiary/aromatic N) is 1. The van der Waals surface area contributed by atoms with E-state index < -0.39 is 23.3 Å². The van der Waals surface area contributed by atoms with Gasteiger partial charge in [0.15, 0.2) is 0 Å². The van der Waals surface area contributed by atoms with Gasteiger partial charge in [0.1, 0.15) is 6.04 Å². The second-order valence-electron chi connectivity index (χ2n) is 6.50. The highest BCUT2D eigenvalue weighted by molar-refractivity contribution is 5.83. The normalized spacial score (nSPS) is 18.4. The molecule has 0 aromatic heterocycles.